The first-order chi connectivity index (χ1) is 8.43. The minimum absolute atomic E-state index is 0.151. The van der Waals surface area contributed by atoms with Crippen LogP contribution in [0.4, 0.5) is 13.2 Å². The van der Waals surface area contributed by atoms with Gasteiger partial charge in [-0.15, -0.1) is 0 Å². The molecule has 0 aliphatic carbocycles. The van der Waals surface area contributed by atoms with E-state index in [1.54, 1.807) is 4.90 Å². The molecule has 18 heavy (non-hydrogen) atoms. The summed E-state index contributed by atoms with van der Waals surface area (Å²) in [4.78, 5) is 1.60. The molecule has 1 aliphatic rings. The van der Waals surface area contributed by atoms with Gasteiger partial charge in [-0.25, -0.2) is 13.2 Å². The summed E-state index contributed by atoms with van der Waals surface area (Å²) in [6, 6.07) is 2.79. The van der Waals surface area contributed by atoms with Gasteiger partial charge >= 0.3 is 0 Å². The molecule has 0 atom stereocenters. The van der Waals surface area contributed by atoms with Crippen molar-refractivity contribution in [1.82, 2.24) is 4.90 Å². The Morgan fingerprint density at radius 3 is 2.72 bits per heavy atom. The molecule has 0 N–H and O–H groups in total. The third kappa shape index (κ3) is 2.80. The van der Waals surface area contributed by atoms with Gasteiger partial charge in [0.1, 0.15) is 11.6 Å². The molecule has 1 fully saturated rings. The molecule has 1 aliphatic heterocycles. The summed E-state index contributed by atoms with van der Waals surface area (Å²) in [5, 5.41) is 0. The summed E-state index contributed by atoms with van der Waals surface area (Å²) in [5.74, 6) is -2.57. The summed E-state index contributed by atoms with van der Waals surface area (Å²) >= 11 is 3.14. The molecule has 0 spiro atoms. The van der Waals surface area contributed by atoms with Crippen molar-refractivity contribution in [2.75, 3.05) is 20.2 Å². The van der Waals surface area contributed by atoms with Crippen LogP contribution in [0.25, 0.3) is 0 Å². The van der Waals surface area contributed by atoms with Gasteiger partial charge in [-0.3, -0.25) is 4.90 Å². The topological polar surface area (TPSA) is 12.5 Å². The summed E-state index contributed by atoms with van der Waals surface area (Å²) in [6.07, 6.45) is -0.151. The molecule has 1 aromatic carbocycles. The number of rotatable bonds is 3. The van der Waals surface area contributed by atoms with Gasteiger partial charge in [0.25, 0.3) is 5.92 Å². The van der Waals surface area contributed by atoms with E-state index in [1.807, 2.05) is 0 Å². The van der Waals surface area contributed by atoms with Crippen LogP contribution >= 0.6 is 15.9 Å². The van der Waals surface area contributed by atoms with Gasteiger partial charge in [0.05, 0.1) is 18.1 Å². The Morgan fingerprint density at radius 2 is 2.17 bits per heavy atom. The lowest BCUT2D eigenvalue weighted by molar-refractivity contribution is 0.0114. The quantitative estimate of drug-likeness (QED) is 0.845. The SMILES string of the molecule is COc1ccc(F)c(Br)c1CN1CCC(F)(F)C1. The average Bonchev–Trinajstić information content (AvgIpc) is 2.65. The zero-order valence-corrected chi connectivity index (χ0v) is 11.4. The van der Waals surface area contributed by atoms with Crippen molar-refractivity contribution < 1.29 is 17.9 Å². The fourth-order valence-corrected chi connectivity index (χ4v) is 2.53. The molecule has 6 heteroatoms. The van der Waals surface area contributed by atoms with Crippen molar-refractivity contribution in [2.45, 2.75) is 18.9 Å². The molecule has 0 bridgehead atoms. The minimum atomic E-state index is -2.65. The number of alkyl halides is 2. The van der Waals surface area contributed by atoms with E-state index >= 15 is 0 Å². The first-order valence-electron chi connectivity index (χ1n) is 5.54. The Labute approximate surface area is 112 Å². The van der Waals surface area contributed by atoms with Gasteiger partial charge < -0.3 is 4.74 Å². The number of ether oxygens (including phenoxy) is 1. The summed E-state index contributed by atoms with van der Waals surface area (Å²) in [5.41, 5.74) is 0.565. The molecule has 1 heterocycles. The maximum absolute atomic E-state index is 13.5. The van der Waals surface area contributed by atoms with Crippen molar-refractivity contribution >= 4 is 15.9 Å². The highest BCUT2D eigenvalue weighted by atomic mass is 79.9. The Kier molecular flexibility index (Phi) is 3.87. The smallest absolute Gasteiger partial charge is 0.261 e. The predicted molar refractivity (Wildman–Crippen MR) is 65.5 cm³/mol. The van der Waals surface area contributed by atoms with E-state index in [0.29, 0.717) is 17.9 Å². The number of hydrogen-bond donors (Lipinski definition) is 0. The normalized spacial score (nSPS) is 19.2. The Hall–Kier alpha value is -0.750. The fraction of sp³-hybridized carbons (Fsp3) is 0.500. The monoisotopic (exact) mass is 323 g/mol. The van der Waals surface area contributed by atoms with Gasteiger partial charge in [0.2, 0.25) is 0 Å². The lowest BCUT2D eigenvalue weighted by Gasteiger charge is -2.18. The van der Waals surface area contributed by atoms with Crippen LogP contribution in [-0.4, -0.2) is 31.0 Å². The van der Waals surface area contributed by atoms with Crippen molar-refractivity contribution in [2.24, 2.45) is 0 Å². The second kappa shape index (κ2) is 5.09. The maximum atomic E-state index is 13.5. The van der Waals surface area contributed by atoms with E-state index in [4.69, 9.17) is 4.74 Å². The molecule has 0 amide bonds. The zero-order valence-electron chi connectivity index (χ0n) is 9.85. The molecular formula is C12H13BrF3NO. The van der Waals surface area contributed by atoms with Crippen LogP contribution in [-0.2, 0) is 6.54 Å². The Bertz CT molecular complexity index is 453. The van der Waals surface area contributed by atoms with E-state index in [0.717, 1.165) is 0 Å². The van der Waals surface area contributed by atoms with Crippen molar-refractivity contribution in [3.05, 3.63) is 28.0 Å². The fourth-order valence-electron chi connectivity index (χ4n) is 2.08. The van der Waals surface area contributed by atoms with Crippen LogP contribution in [0.5, 0.6) is 5.75 Å². The predicted octanol–water partition coefficient (Wildman–Crippen LogP) is 3.44. The lowest BCUT2D eigenvalue weighted by Crippen LogP contribution is -2.25. The van der Waals surface area contributed by atoms with Crippen LogP contribution in [0.15, 0.2) is 16.6 Å². The van der Waals surface area contributed by atoms with Gasteiger partial charge in [0.15, 0.2) is 0 Å². The van der Waals surface area contributed by atoms with Crippen molar-refractivity contribution in [1.29, 1.82) is 0 Å². The summed E-state index contributed by atoms with van der Waals surface area (Å²) < 4.78 is 45.1. The third-order valence-electron chi connectivity index (χ3n) is 3.00. The van der Waals surface area contributed by atoms with E-state index in [-0.39, 0.29) is 24.0 Å². The number of likely N-dealkylation sites (tertiary alicyclic amines) is 1. The number of nitrogens with zero attached hydrogens (tertiary/aromatic N) is 1. The van der Waals surface area contributed by atoms with Crippen LogP contribution in [0, 0.1) is 5.82 Å². The Balaban J connectivity index is 2.21. The first-order valence-corrected chi connectivity index (χ1v) is 6.33. The largest absolute Gasteiger partial charge is 0.496 e. The Morgan fingerprint density at radius 1 is 1.44 bits per heavy atom. The van der Waals surface area contributed by atoms with Crippen LogP contribution in [0.2, 0.25) is 0 Å². The molecule has 100 valence electrons. The maximum Gasteiger partial charge on any atom is 0.261 e. The number of benzene rings is 1. The van der Waals surface area contributed by atoms with Crippen molar-refractivity contribution in [3.8, 4) is 5.75 Å². The second-order valence-electron chi connectivity index (χ2n) is 4.36. The zero-order chi connectivity index (χ0) is 13.3. The molecule has 2 rings (SSSR count). The van der Waals surface area contributed by atoms with Crippen LogP contribution in [0.1, 0.15) is 12.0 Å². The molecule has 0 unspecified atom stereocenters. The summed E-state index contributed by atoms with van der Waals surface area (Å²) in [7, 11) is 1.47. The van der Waals surface area contributed by atoms with Gasteiger partial charge in [-0.05, 0) is 28.1 Å². The highest BCUT2D eigenvalue weighted by Gasteiger charge is 2.38. The highest BCUT2D eigenvalue weighted by molar-refractivity contribution is 9.10. The van der Waals surface area contributed by atoms with Crippen LogP contribution in [0.3, 0.4) is 0 Å². The van der Waals surface area contributed by atoms with E-state index in [9.17, 15) is 13.2 Å². The summed E-state index contributed by atoms with van der Waals surface area (Å²) in [6.45, 7) is 0.259. The molecule has 1 saturated heterocycles. The molecular weight excluding hydrogens is 311 g/mol. The van der Waals surface area contributed by atoms with Gasteiger partial charge in [-0.1, -0.05) is 0 Å². The first kappa shape index (κ1) is 13.7. The standard InChI is InChI=1S/C12H13BrF3NO/c1-18-10-3-2-9(14)11(13)8(10)6-17-5-4-12(15,16)7-17/h2-3H,4-7H2,1H3. The molecule has 0 radical (unpaired) electrons. The van der Waals surface area contributed by atoms with Gasteiger partial charge in [-0.2, -0.15) is 0 Å². The van der Waals surface area contributed by atoms with Crippen molar-refractivity contribution in [3.63, 3.8) is 0 Å². The van der Waals surface area contributed by atoms with Crippen LogP contribution < -0.4 is 4.74 Å². The molecule has 0 saturated carbocycles. The minimum Gasteiger partial charge on any atom is -0.496 e. The molecule has 1 aromatic rings. The number of methoxy groups -OCH3 is 1. The third-order valence-corrected chi connectivity index (χ3v) is 3.86. The van der Waals surface area contributed by atoms with Gasteiger partial charge in [0, 0.05) is 25.1 Å². The van der Waals surface area contributed by atoms with E-state index in [1.165, 1.54) is 19.2 Å². The number of halogens is 4. The van der Waals surface area contributed by atoms with E-state index < -0.39 is 11.7 Å². The second-order valence-corrected chi connectivity index (χ2v) is 5.15. The highest BCUT2D eigenvalue weighted by Crippen LogP contribution is 2.34. The molecule has 2 nitrogen and oxygen atoms in total. The lowest BCUT2D eigenvalue weighted by atomic mass is 10.2. The average molecular weight is 324 g/mol. The van der Waals surface area contributed by atoms with E-state index in [2.05, 4.69) is 15.9 Å². The number of hydrogen-bond acceptors (Lipinski definition) is 2. The molecule has 0 aromatic heterocycles.